The van der Waals surface area contributed by atoms with Crippen LogP contribution in [0, 0.1) is 13.8 Å². The largest absolute Gasteiger partial charge is 0.326 e. The number of aromatic nitrogens is 1. The number of aromatic amines is 1. The van der Waals surface area contributed by atoms with E-state index < -0.39 is 17.5 Å². The van der Waals surface area contributed by atoms with Crippen LogP contribution in [0.15, 0.2) is 10.9 Å². The number of pyridine rings is 1. The highest BCUT2D eigenvalue weighted by atomic mass is 19.3. The van der Waals surface area contributed by atoms with E-state index in [9.17, 15) is 13.6 Å². The van der Waals surface area contributed by atoms with Crippen LogP contribution in [0.2, 0.25) is 0 Å². The van der Waals surface area contributed by atoms with Crippen LogP contribution in [0.4, 0.5) is 8.78 Å². The number of halogens is 2. The SMILES string of the molecule is Cc1cc(C(F)F)c(=O)[nH]c1C. The Balaban J connectivity index is 3.33. The summed E-state index contributed by atoms with van der Waals surface area (Å²) in [5, 5.41) is 0. The number of rotatable bonds is 1. The molecule has 0 bridgehead atoms. The summed E-state index contributed by atoms with van der Waals surface area (Å²) in [7, 11) is 0. The maximum absolute atomic E-state index is 12.1. The van der Waals surface area contributed by atoms with Crippen LogP contribution in [0.1, 0.15) is 23.2 Å². The number of hydrogen-bond donors (Lipinski definition) is 1. The Kier molecular flexibility index (Phi) is 2.26. The molecule has 66 valence electrons. The lowest BCUT2D eigenvalue weighted by molar-refractivity contribution is 0.149. The van der Waals surface area contributed by atoms with E-state index in [4.69, 9.17) is 0 Å². The molecule has 2 nitrogen and oxygen atoms in total. The molecule has 0 saturated heterocycles. The summed E-state index contributed by atoms with van der Waals surface area (Å²) >= 11 is 0. The fourth-order valence-electron chi connectivity index (χ4n) is 0.910. The molecule has 0 atom stereocenters. The van der Waals surface area contributed by atoms with Gasteiger partial charge in [-0.15, -0.1) is 0 Å². The number of hydrogen-bond acceptors (Lipinski definition) is 1. The lowest BCUT2D eigenvalue weighted by Crippen LogP contribution is -2.14. The molecule has 1 aromatic rings. The first-order valence-corrected chi connectivity index (χ1v) is 3.51. The van der Waals surface area contributed by atoms with Crippen LogP contribution >= 0.6 is 0 Å². The van der Waals surface area contributed by atoms with Gasteiger partial charge in [0.15, 0.2) is 0 Å². The molecule has 0 fully saturated rings. The van der Waals surface area contributed by atoms with Gasteiger partial charge in [-0.25, -0.2) is 8.78 Å². The van der Waals surface area contributed by atoms with Crippen molar-refractivity contribution in [1.82, 2.24) is 4.98 Å². The number of alkyl halides is 2. The predicted octanol–water partition coefficient (Wildman–Crippen LogP) is 1.93. The highest BCUT2D eigenvalue weighted by Gasteiger charge is 2.12. The van der Waals surface area contributed by atoms with E-state index in [0.717, 1.165) is 0 Å². The van der Waals surface area contributed by atoms with Gasteiger partial charge in [-0.05, 0) is 25.5 Å². The van der Waals surface area contributed by atoms with Gasteiger partial charge in [0.05, 0.1) is 5.56 Å². The molecule has 1 aromatic heterocycles. The summed E-state index contributed by atoms with van der Waals surface area (Å²) in [5.74, 6) is 0. The van der Waals surface area contributed by atoms with Crippen LogP contribution in [-0.4, -0.2) is 4.98 Å². The highest BCUT2D eigenvalue weighted by molar-refractivity contribution is 5.23. The van der Waals surface area contributed by atoms with E-state index in [1.165, 1.54) is 6.07 Å². The van der Waals surface area contributed by atoms with E-state index in [2.05, 4.69) is 4.98 Å². The first-order valence-electron chi connectivity index (χ1n) is 3.51. The maximum atomic E-state index is 12.1. The number of H-pyrrole nitrogens is 1. The molecule has 1 rings (SSSR count). The molecule has 0 aliphatic heterocycles. The summed E-state index contributed by atoms with van der Waals surface area (Å²) < 4.78 is 24.2. The van der Waals surface area contributed by atoms with E-state index in [-0.39, 0.29) is 0 Å². The average molecular weight is 173 g/mol. The van der Waals surface area contributed by atoms with Gasteiger partial charge in [0, 0.05) is 5.69 Å². The topological polar surface area (TPSA) is 32.9 Å². The van der Waals surface area contributed by atoms with Crippen molar-refractivity contribution in [3.05, 3.63) is 33.2 Å². The third kappa shape index (κ3) is 1.52. The van der Waals surface area contributed by atoms with Gasteiger partial charge < -0.3 is 4.98 Å². The lowest BCUT2D eigenvalue weighted by Gasteiger charge is -2.02. The minimum absolute atomic E-state index is 0.460. The Morgan fingerprint density at radius 1 is 1.42 bits per heavy atom. The Bertz CT molecular complexity index is 343. The molecule has 0 unspecified atom stereocenters. The molecule has 1 heterocycles. The van der Waals surface area contributed by atoms with Crippen molar-refractivity contribution in [1.29, 1.82) is 0 Å². The van der Waals surface area contributed by atoms with Crippen molar-refractivity contribution >= 4 is 0 Å². The second-order valence-electron chi connectivity index (χ2n) is 2.66. The van der Waals surface area contributed by atoms with Gasteiger partial charge in [-0.2, -0.15) is 0 Å². The molecule has 1 N–H and O–H groups in total. The van der Waals surface area contributed by atoms with E-state index in [1.807, 2.05) is 0 Å². The van der Waals surface area contributed by atoms with Gasteiger partial charge in [-0.3, -0.25) is 4.79 Å². The lowest BCUT2D eigenvalue weighted by atomic mass is 10.2. The summed E-state index contributed by atoms with van der Waals surface area (Å²) in [6.07, 6.45) is -2.70. The van der Waals surface area contributed by atoms with E-state index in [0.29, 0.717) is 11.3 Å². The monoisotopic (exact) mass is 173 g/mol. The van der Waals surface area contributed by atoms with Crippen LogP contribution in [0.5, 0.6) is 0 Å². The van der Waals surface area contributed by atoms with Gasteiger partial charge in [0.1, 0.15) is 0 Å². The molecule has 0 aliphatic carbocycles. The Morgan fingerprint density at radius 2 is 2.00 bits per heavy atom. The first kappa shape index (κ1) is 8.90. The molecule has 0 aliphatic rings. The molecular weight excluding hydrogens is 164 g/mol. The second-order valence-corrected chi connectivity index (χ2v) is 2.66. The normalized spacial score (nSPS) is 10.8. The predicted molar refractivity (Wildman–Crippen MR) is 41.5 cm³/mol. The third-order valence-electron chi connectivity index (χ3n) is 1.76. The second kappa shape index (κ2) is 3.05. The van der Waals surface area contributed by atoms with Crippen LogP contribution in [-0.2, 0) is 0 Å². The average Bonchev–Trinajstić information content (AvgIpc) is 1.96. The summed E-state index contributed by atoms with van der Waals surface area (Å²) in [5.41, 5.74) is 0.139. The molecular formula is C8H9F2NO. The Morgan fingerprint density at radius 3 is 2.50 bits per heavy atom. The molecule has 0 aromatic carbocycles. The van der Waals surface area contributed by atoms with E-state index in [1.54, 1.807) is 13.8 Å². The highest BCUT2D eigenvalue weighted by Crippen LogP contribution is 2.15. The summed E-state index contributed by atoms with van der Waals surface area (Å²) in [4.78, 5) is 13.3. The minimum Gasteiger partial charge on any atom is -0.326 e. The van der Waals surface area contributed by atoms with Crippen molar-refractivity contribution in [3.8, 4) is 0 Å². The van der Waals surface area contributed by atoms with Gasteiger partial charge >= 0.3 is 0 Å². The summed E-state index contributed by atoms with van der Waals surface area (Å²) in [6.45, 7) is 3.35. The van der Waals surface area contributed by atoms with Gasteiger partial charge in [0.2, 0.25) is 0 Å². The van der Waals surface area contributed by atoms with Crippen LogP contribution < -0.4 is 5.56 Å². The number of aryl methyl sites for hydroxylation is 2. The van der Waals surface area contributed by atoms with Gasteiger partial charge in [-0.1, -0.05) is 0 Å². The molecule has 4 heteroatoms. The molecule has 0 radical (unpaired) electrons. The fraction of sp³-hybridized carbons (Fsp3) is 0.375. The first-order chi connectivity index (χ1) is 5.52. The van der Waals surface area contributed by atoms with Crippen LogP contribution in [0.3, 0.4) is 0 Å². The van der Waals surface area contributed by atoms with Crippen LogP contribution in [0.25, 0.3) is 0 Å². The number of nitrogens with one attached hydrogen (secondary N) is 1. The van der Waals surface area contributed by atoms with Crippen molar-refractivity contribution in [2.75, 3.05) is 0 Å². The minimum atomic E-state index is -2.70. The zero-order valence-electron chi connectivity index (χ0n) is 6.82. The van der Waals surface area contributed by atoms with E-state index >= 15 is 0 Å². The fourth-order valence-corrected chi connectivity index (χ4v) is 0.910. The van der Waals surface area contributed by atoms with Crippen molar-refractivity contribution in [2.45, 2.75) is 20.3 Å². The third-order valence-corrected chi connectivity index (χ3v) is 1.76. The zero-order valence-corrected chi connectivity index (χ0v) is 6.82. The molecule has 12 heavy (non-hydrogen) atoms. The molecule has 0 spiro atoms. The van der Waals surface area contributed by atoms with Crippen molar-refractivity contribution in [3.63, 3.8) is 0 Å². The summed E-state index contributed by atoms with van der Waals surface area (Å²) in [6, 6.07) is 1.22. The Hall–Kier alpha value is -1.19. The molecule has 0 saturated carbocycles. The smallest absolute Gasteiger partial charge is 0.269 e. The zero-order chi connectivity index (χ0) is 9.30. The van der Waals surface area contributed by atoms with Crippen molar-refractivity contribution in [2.24, 2.45) is 0 Å². The Labute approximate surface area is 68.2 Å². The quantitative estimate of drug-likeness (QED) is 0.691. The van der Waals surface area contributed by atoms with Gasteiger partial charge in [0.25, 0.3) is 12.0 Å². The standard InChI is InChI=1S/C8H9F2NO/c1-4-3-6(7(9)10)8(12)11-5(4)2/h3,7H,1-2H3,(H,11,12). The molecule has 0 amide bonds. The van der Waals surface area contributed by atoms with Crippen molar-refractivity contribution < 1.29 is 8.78 Å². The maximum Gasteiger partial charge on any atom is 0.269 e.